The molecular formula is C16H15ClN4O5S. The van der Waals surface area contributed by atoms with Crippen LogP contribution >= 0.6 is 11.6 Å². The van der Waals surface area contributed by atoms with E-state index in [9.17, 15) is 13.2 Å². The third-order valence-corrected chi connectivity index (χ3v) is 5.69. The number of anilines is 1. The molecule has 0 bridgehead atoms. The fraction of sp³-hybridized carbons (Fsp3) is 0.188. The summed E-state index contributed by atoms with van der Waals surface area (Å²) >= 11 is 5.96. The predicted molar refractivity (Wildman–Crippen MR) is 98.1 cm³/mol. The van der Waals surface area contributed by atoms with Crippen LogP contribution in [0.25, 0.3) is 11.0 Å². The van der Waals surface area contributed by atoms with Crippen molar-refractivity contribution in [3.8, 4) is 0 Å². The Balaban J connectivity index is 1.95. The quantitative estimate of drug-likeness (QED) is 0.558. The van der Waals surface area contributed by atoms with Crippen LogP contribution in [0.2, 0.25) is 5.02 Å². The molecule has 3 rings (SSSR count). The van der Waals surface area contributed by atoms with Crippen LogP contribution in [0.4, 0.5) is 5.69 Å². The number of nitrogens with one attached hydrogen (secondary N) is 1. The molecule has 2 aromatic carbocycles. The zero-order chi connectivity index (χ0) is 19.8. The van der Waals surface area contributed by atoms with Gasteiger partial charge in [0.05, 0.1) is 5.02 Å². The van der Waals surface area contributed by atoms with Gasteiger partial charge in [0.25, 0.3) is 10.0 Å². The highest BCUT2D eigenvalue weighted by molar-refractivity contribution is 7.93. The number of aryl methyl sites for hydroxylation is 1. The van der Waals surface area contributed by atoms with Crippen LogP contribution in [0.3, 0.4) is 0 Å². The van der Waals surface area contributed by atoms with Gasteiger partial charge in [0.2, 0.25) is 0 Å². The highest BCUT2D eigenvalue weighted by Crippen LogP contribution is 2.28. The molecule has 4 N–H and O–H groups in total. The molecule has 27 heavy (non-hydrogen) atoms. The topological polar surface area (TPSA) is 148 Å². The summed E-state index contributed by atoms with van der Waals surface area (Å²) in [4.78, 5) is 10.8. The van der Waals surface area contributed by atoms with Crippen LogP contribution < -0.4 is 10.5 Å². The number of hydrogen-bond donors (Lipinski definition) is 3. The summed E-state index contributed by atoms with van der Waals surface area (Å²) in [6, 6.07) is 6.38. The number of halogens is 1. The van der Waals surface area contributed by atoms with Crippen molar-refractivity contribution in [2.45, 2.75) is 24.3 Å². The summed E-state index contributed by atoms with van der Waals surface area (Å²) in [5.41, 5.74) is 7.39. The van der Waals surface area contributed by atoms with Crippen molar-refractivity contribution in [1.29, 1.82) is 0 Å². The molecule has 0 saturated heterocycles. The molecule has 0 aliphatic rings. The van der Waals surface area contributed by atoms with Gasteiger partial charge in [0, 0.05) is 5.69 Å². The number of carboxylic acids is 1. The van der Waals surface area contributed by atoms with E-state index in [0.717, 1.165) is 5.56 Å². The summed E-state index contributed by atoms with van der Waals surface area (Å²) in [7, 11) is -4.02. The Morgan fingerprint density at radius 3 is 2.70 bits per heavy atom. The Morgan fingerprint density at radius 2 is 2.00 bits per heavy atom. The number of sulfonamides is 1. The largest absolute Gasteiger partial charge is 0.480 e. The van der Waals surface area contributed by atoms with Crippen LogP contribution in [0, 0.1) is 6.92 Å². The fourth-order valence-corrected chi connectivity index (χ4v) is 3.89. The Labute approximate surface area is 159 Å². The number of carbonyl (C=O) groups is 1. The van der Waals surface area contributed by atoms with Crippen LogP contribution in [0.5, 0.6) is 0 Å². The van der Waals surface area contributed by atoms with Crippen LogP contribution in [-0.2, 0) is 21.2 Å². The van der Waals surface area contributed by atoms with Crippen LogP contribution in [-0.4, -0.2) is 35.8 Å². The second-order valence-corrected chi connectivity index (χ2v) is 7.96. The second-order valence-electron chi connectivity index (χ2n) is 5.90. The summed E-state index contributed by atoms with van der Waals surface area (Å²) < 4.78 is 32.6. The molecule has 0 fully saturated rings. The van der Waals surface area contributed by atoms with E-state index in [4.69, 9.17) is 22.4 Å². The standard InChI is InChI=1S/C16H15ClN4O5S/c1-8-2-3-10(6-9(8)7-12(18)16(22)23)21-27(24,25)13-5-4-11(17)14-15(13)20-26-19-14/h2-6,12,21H,7,18H2,1H3,(H,22,23)/t12-/m0/s1. The third-order valence-electron chi connectivity index (χ3n) is 3.98. The SMILES string of the molecule is Cc1ccc(NS(=O)(=O)c2ccc(Cl)c3nonc23)cc1C[C@H](N)C(=O)O. The first-order valence-corrected chi connectivity index (χ1v) is 9.56. The molecule has 0 aliphatic carbocycles. The molecule has 0 radical (unpaired) electrons. The van der Waals surface area contributed by atoms with Gasteiger partial charge in [-0.1, -0.05) is 17.7 Å². The summed E-state index contributed by atoms with van der Waals surface area (Å²) in [5.74, 6) is -1.14. The van der Waals surface area contributed by atoms with Crippen molar-refractivity contribution in [2.75, 3.05) is 4.72 Å². The molecule has 0 aliphatic heterocycles. The first-order valence-electron chi connectivity index (χ1n) is 7.70. The van der Waals surface area contributed by atoms with E-state index < -0.39 is 22.0 Å². The number of rotatable bonds is 6. The molecule has 0 spiro atoms. The van der Waals surface area contributed by atoms with E-state index in [1.54, 1.807) is 25.1 Å². The lowest BCUT2D eigenvalue weighted by Crippen LogP contribution is -2.32. The number of carboxylic acid groups (broad SMARTS) is 1. The molecule has 1 aromatic heterocycles. The van der Waals surface area contributed by atoms with E-state index in [1.807, 2.05) is 0 Å². The van der Waals surface area contributed by atoms with E-state index in [2.05, 4.69) is 19.7 Å². The number of benzene rings is 2. The Kier molecular flexibility index (Phi) is 5.05. The van der Waals surface area contributed by atoms with Crippen molar-refractivity contribution < 1.29 is 22.9 Å². The molecule has 3 aromatic rings. The lowest BCUT2D eigenvalue weighted by Gasteiger charge is -2.13. The van der Waals surface area contributed by atoms with Crippen molar-refractivity contribution in [2.24, 2.45) is 5.73 Å². The highest BCUT2D eigenvalue weighted by atomic mass is 35.5. The number of nitrogens with zero attached hydrogens (tertiary/aromatic N) is 2. The number of fused-ring (bicyclic) bond motifs is 1. The summed E-state index contributed by atoms with van der Waals surface area (Å²) in [6.45, 7) is 1.78. The predicted octanol–water partition coefficient (Wildman–Crippen LogP) is 1.94. The van der Waals surface area contributed by atoms with Crippen LogP contribution in [0.1, 0.15) is 11.1 Å². The molecule has 0 amide bonds. The zero-order valence-corrected chi connectivity index (χ0v) is 15.6. The van der Waals surface area contributed by atoms with Crippen molar-refractivity contribution in [3.05, 3.63) is 46.5 Å². The third kappa shape index (κ3) is 3.87. The van der Waals surface area contributed by atoms with E-state index >= 15 is 0 Å². The lowest BCUT2D eigenvalue weighted by atomic mass is 10.0. The smallest absolute Gasteiger partial charge is 0.320 e. The molecule has 1 heterocycles. The molecule has 0 saturated carbocycles. The maximum Gasteiger partial charge on any atom is 0.320 e. The van der Waals surface area contributed by atoms with Gasteiger partial charge < -0.3 is 10.8 Å². The first-order chi connectivity index (χ1) is 12.7. The average Bonchev–Trinajstić information content (AvgIpc) is 3.08. The molecule has 9 nitrogen and oxygen atoms in total. The molecule has 1 atom stereocenters. The Bertz CT molecular complexity index is 1130. The minimum Gasteiger partial charge on any atom is -0.480 e. The lowest BCUT2D eigenvalue weighted by molar-refractivity contribution is -0.138. The maximum absolute atomic E-state index is 12.8. The number of hydrogen-bond acceptors (Lipinski definition) is 7. The van der Waals surface area contributed by atoms with Gasteiger partial charge >= 0.3 is 5.97 Å². The van der Waals surface area contributed by atoms with E-state index in [1.165, 1.54) is 12.1 Å². The Morgan fingerprint density at radius 1 is 1.30 bits per heavy atom. The van der Waals surface area contributed by atoms with E-state index in [-0.39, 0.29) is 33.1 Å². The molecular weight excluding hydrogens is 396 g/mol. The van der Waals surface area contributed by atoms with Gasteiger partial charge in [-0.15, -0.1) is 0 Å². The monoisotopic (exact) mass is 410 g/mol. The summed E-state index contributed by atoms with van der Waals surface area (Å²) in [6.07, 6.45) is 0.0646. The maximum atomic E-state index is 12.8. The van der Waals surface area contributed by atoms with Crippen molar-refractivity contribution >= 4 is 44.3 Å². The van der Waals surface area contributed by atoms with E-state index in [0.29, 0.717) is 5.56 Å². The molecule has 0 unspecified atom stereocenters. The molecule has 142 valence electrons. The summed E-state index contributed by atoms with van der Waals surface area (Å²) in [5, 5.41) is 16.4. The highest BCUT2D eigenvalue weighted by Gasteiger charge is 2.23. The normalized spacial score (nSPS) is 12.9. The fourth-order valence-electron chi connectivity index (χ4n) is 2.52. The average molecular weight is 411 g/mol. The minimum absolute atomic E-state index is 0.00948. The zero-order valence-electron chi connectivity index (χ0n) is 14.0. The minimum atomic E-state index is -4.02. The van der Waals surface area contributed by atoms with Crippen molar-refractivity contribution in [3.63, 3.8) is 0 Å². The van der Waals surface area contributed by atoms with Crippen molar-refractivity contribution in [1.82, 2.24) is 10.3 Å². The van der Waals surface area contributed by atoms with Gasteiger partial charge in [0.15, 0.2) is 11.0 Å². The number of nitrogens with two attached hydrogens (primary N) is 1. The van der Waals surface area contributed by atoms with Gasteiger partial charge in [-0.25, -0.2) is 13.0 Å². The van der Waals surface area contributed by atoms with Gasteiger partial charge in [-0.3, -0.25) is 9.52 Å². The number of aromatic nitrogens is 2. The first kappa shape index (κ1) is 19.1. The van der Waals surface area contributed by atoms with Crippen LogP contribution in [0.15, 0.2) is 39.9 Å². The van der Waals surface area contributed by atoms with Gasteiger partial charge in [0.1, 0.15) is 10.9 Å². The van der Waals surface area contributed by atoms with Gasteiger partial charge in [-0.05, 0) is 59.1 Å². The number of aliphatic carboxylic acids is 1. The molecule has 11 heteroatoms. The Hall–Kier alpha value is -2.69. The van der Waals surface area contributed by atoms with Gasteiger partial charge in [-0.2, -0.15) is 0 Å². The second kappa shape index (κ2) is 7.14.